The average molecular weight is 488 g/mol. The number of ether oxygens (including phenoxy) is 1. The zero-order chi connectivity index (χ0) is 24.7. The first-order valence-electron chi connectivity index (χ1n) is 11.2. The molecule has 11 heteroatoms. The first-order valence-corrected chi connectivity index (χ1v) is 11.2. The first-order chi connectivity index (χ1) is 16.8. The number of hydrogen-bond acceptors (Lipinski definition) is 6. The van der Waals surface area contributed by atoms with Gasteiger partial charge in [0.15, 0.2) is 17.3 Å². The second-order valence-electron chi connectivity index (χ2n) is 8.75. The summed E-state index contributed by atoms with van der Waals surface area (Å²) in [6.45, 7) is 0.783. The van der Waals surface area contributed by atoms with Gasteiger partial charge < -0.3 is 10.5 Å². The Balaban J connectivity index is 1.58. The Kier molecular flexibility index (Phi) is 6.16. The molecule has 0 spiro atoms. The number of nitrogens with zero attached hydrogens (tertiary/aromatic N) is 5. The normalized spacial score (nSPS) is 18.1. The lowest BCUT2D eigenvalue weighted by Gasteiger charge is -2.30. The molecule has 35 heavy (non-hydrogen) atoms. The van der Waals surface area contributed by atoms with Crippen molar-refractivity contribution in [2.75, 3.05) is 26.8 Å². The van der Waals surface area contributed by atoms with Crippen LogP contribution in [0.15, 0.2) is 42.6 Å². The van der Waals surface area contributed by atoms with E-state index in [1.54, 1.807) is 31.4 Å². The van der Waals surface area contributed by atoms with Crippen molar-refractivity contribution in [3.8, 4) is 11.5 Å². The Hall–Kier alpha value is -3.15. The molecule has 1 unspecified atom stereocenters. The Labute approximate surface area is 198 Å². The summed E-state index contributed by atoms with van der Waals surface area (Å²) >= 11 is 0. The maximum atomic E-state index is 15.1. The second-order valence-corrected chi connectivity index (χ2v) is 8.75. The van der Waals surface area contributed by atoms with Crippen molar-refractivity contribution in [3.63, 3.8) is 0 Å². The highest BCUT2D eigenvalue weighted by Gasteiger charge is 2.46. The van der Waals surface area contributed by atoms with Gasteiger partial charge in [-0.15, -0.1) is 10.2 Å². The van der Waals surface area contributed by atoms with E-state index in [0.717, 1.165) is 0 Å². The van der Waals surface area contributed by atoms with Crippen LogP contribution >= 0.6 is 0 Å². The standard InChI is InChI=1S/C24H24F4N6O/c1-35-11-9-14-2-3-15-4-6-18(30-21(15)20(14)25)23-32-31-19-7-5-16(12-34(19)23)22(24(26,27)28)33-10-8-17(29)13-33/h2-7,12,17,22H,8-11,13,29H2,1H3/t17?,22-/m1/s1. The summed E-state index contributed by atoms with van der Waals surface area (Å²) in [4.78, 5) is 5.81. The van der Waals surface area contributed by atoms with Gasteiger partial charge in [-0.2, -0.15) is 13.2 Å². The van der Waals surface area contributed by atoms with E-state index in [2.05, 4.69) is 15.2 Å². The van der Waals surface area contributed by atoms with Crippen molar-refractivity contribution in [1.82, 2.24) is 24.5 Å². The number of likely N-dealkylation sites (tertiary alicyclic amines) is 1. The van der Waals surface area contributed by atoms with E-state index in [4.69, 9.17) is 10.5 Å². The number of aromatic nitrogens is 4. The van der Waals surface area contributed by atoms with Gasteiger partial charge in [-0.05, 0) is 36.1 Å². The zero-order valence-electron chi connectivity index (χ0n) is 19.0. The van der Waals surface area contributed by atoms with E-state index in [1.807, 2.05) is 0 Å². The monoisotopic (exact) mass is 488 g/mol. The summed E-state index contributed by atoms with van der Waals surface area (Å²) in [5.41, 5.74) is 7.21. The number of rotatable bonds is 6. The minimum absolute atomic E-state index is 0.0500. The fourth-order valence-corrected chi connectivity index (χ4v) is 4.63. The molecule has 1 saturated heterocycles. The predicted molar refractivity (Wildman–Crippen MR) is 122 cm³/mol. The molecule has 2 N–H and O–H groups in total. The molecule has 1 aliphatic rings. The minimum Gasteiger partial charge on any atom is -0.384 e. The molecule has 7 nitrogen and oxygen atoms in total. The van der Waals surface area contributed by atoms with Crippen LogP contribution in [0.3, 0.4) is 0 Å². The summed E-state index contributed by atoms with van der Waals surface area (Å²) in [7, 11) is 1.54. The number of halogens is 4. The summed E-state index contributed by atoms with van der Waals surface area (Å²) in [6.07, 6.45) is -2.22. The van der Waals surface area contributed by atoms with Gasteiger partial charge in [0.05, 0.1) is 6.61 Å². The number of alkyl halides is 3. The Morgan fingerprint density at radius 2 is 1.94 bits per heavy atom. The van der Waals surface area contributed by atoms with E-state index in [9.17, 15) is 13.2 Å². The van der Waals surface area contributed by atoms with Crippen LogP contribution in [0.1, 0.15) is 23.6 Å². The number of fused-ring (bicyclic) bond motifs is 2. The Morgan fingerprint density at radius 3 is 2.66 bits per heavy atom. The lowest BCUT2D eigenvalue weighted by atomic mass is 10.1. The molecule has 4 aromatic rings. The number of benzene rings is 1. The van der Waals surface area contributed by atoms with Crippen LogP contribution in [-0.4, -0.2) is 63.5 Å². The van der Waals surface area contributed by atoms with Crippen LogP contribution in [0.25, 0.3) is 28.1 Å². The maximum Gasteiger partial charge on any atom is 0.408 e. The molecular formula is C24H24F4N6O. The lowest BCUT2D eigenvalue weighted by molar-refractivity contribution is -0.183. The minimum atomic E-state index is -4.49. The van der Waals surface area contributed by atoms with Crippen LogP contribution in [0.5, 0.6) is 0 Å². The maximum absolute atomic E-state index is 15.1. The van der Waals surface area contributed by atoms with Crippen molar-refractivity contribution in [2.24, 2.45) is 5.73 Å². The highest BCUT2D eigenvalue weighted by molar-refractivity contribution is 5.82. The molecule has 1 aliphatic heterocycles. The van der Waals surface area contributed by atoms with Gasteiger partial charge in [0.2, 0.25) is 0 Å². The molecule has 1 aromatic carbocycles. The van der Waals surface area contributed by atoms with Crippen LogP contribution in [0, 0.1) is 5.82 Å². The SMILES string of the molecule is COCCc1ccc2ccc(-c3nnc4ccc([C@@H](N5CCC(N)C5)C(F)(F)F)cn34)nc2c1F. The number of nitrogens with two attached hydrogens (primary N) is 1. The van der Waals surface area contributed by atoms with Crippen LogP contribution in [0.2, 0.25) is 0 Å². The summed E-state index contributed by atoms with van der Waals surface area (Å²) in [5, 5.41) is 8.82. The average Bonchev–Trinajstić information content (AvgIpc) is 3.44. The number of methoxy groups -OCH3 is 1. The van der Waals surface area contributed by atoms with E-state index in [0.29, 0.717) is 41.7 Å². The van der Waals surface area contributed by atoms with E-state index in [-0.39, 0.29) is 36.0 Å². The van der Waals surface area contributed by atoms with Crippen molar-refractivity contribution in [1.29, 1.82) is 0 Å². The molecule has 4 heterocycles. The third kappa shape index (κ3) is 4.46. The number of pyridine rings is 2. The van der Waals surface area contributed by atoms with Crippen molar-refractivity contribution in [3.05, 3.63) is 59.5 Å². The molecule has 5 rings (SSSR count). The second kappa shape index (κ2) is 9.14. The molecule has 0 saturated carbocycles. The van der Waals surface area contributed by atoms with Crippen LogP contribution in [0.4, 0.5) is 17.6 Å². The smallest absolute Gasteiger partial charge is 0.384 e. The summed E-state index contributed by atoms with van der Waals surface area (Å²) in [5.74, 6) is -0.233. The van der Waals surface area contributed by atoms with Gasteiger partial charge in [0, 0.05) is 37.8 Å². The van der Waals surface area contributed by atoms with Crippen molar-refractivity contribution < 1.29 is 22.3 Å². The Morgan fingerprint density at radius 1 is 1.14 bits per heavy atom. The molecular weight excluding hydrogens is 464 g/mol. The topological polar surface area (TPSA) is 81.6 Å². The molecule has 0 radical (unpaired) electrons. The predicted octanol–water partition coefficient (Wildman–Crippen LogP) is 3.91. The zero-order valence-corrected chi connectivity index (χ0v) is 19.0. The van der Waals surface area contributed by atoms with Crippen LogP contribution < -0.4 is 5.73 Å². The molecule has 1 fully saturated rings. The van der Waals surface area contributed by atoms with Gasteiger partial charge in [-0.25, -0.2) is 9.37 Å². The molecule has 0 aliphatic carbocycles. The molecule has 184 valence electrons. The van der Waals surface area contributed by atoms with E-state index in [1.165, 1.54) is 27.6 Å². The molecule has 2 atom stereocenters. The summed E-state index contributed by atoms with van der Waals surface area (Å²) < 4.78 is 63.9. The largest absolute Gasteiger partial charge is 0.408 e. The van der Waals surface area contributed by atoms with Gasteiger partial charge in [-0.3, -0.25) is 9.30 Å². The van der Waals surface area contributed by atoms with Gasteiger partial charge in [0.25, 0.3) is 0 Å². The molecule has 0 bridgehead atoms. The van der Waals surface area contributed by atoms with Crippen molar-refractivity contribution in [2.45, 2.75) is 31.1 Å². The lowest BCUT2D eigenvalue weighted by Crippen LogP contribution is -2.38. The first kappa shape index (κ1) is 23.6. The fraction of sp³-hybridized carbons (Fsp3) is 0.375. The number of hydrogen-bond donors (Lipinski definition) is 1. The van der Waals surface area contributed by atoms with Gasteiger partial charge in [-0.1, -0.05) is 24.3 Å². The highest BCUT2D eigenvalue weighted by atomic mass is 19.4. The highest BCUT2D eigenvalue weighted by Crippen LogP contribution is 2.39. The quantitative estimate of drug-likeness (QED) is 0.415. The van der Waals surface area contributed by atoms with Crippen molar-refractivity contribution >= 4 is 16.6 Å². The fourth-order valence-electron chi connectivity index (χ4n) is 4.63. The summed E-state index contributed by atoms with van der Waals surface area (Å²) in [6, 6.07) is 7.63. The Bertz CT molecular complexity index is 1370. The third-order valence-corrected chi connectivity index (χ3v) is 6.36. The van der Waals surface area contributed by atoms with Crippen LogP contribution in [-0.2, 0) is 11.2 Å². The molecule has 0 amide bonds. The molecule has 3 aromatic heterocycles. The van der Waals surface area contributed by atoms with E-state index >= 15 is 4.39 Å². The van der Waals surface area contributed by atoms with Gasteiger partial charge >= 0.3 is 6.18 Å². The van der Waals surface area contributed by atoms with Gasteiger partial charge in [0.1, 0.15) is 17.3 Å². The van der Waals surface area contributed by atoms with E-state index < -0.39 is 18.0 Å². The third-order valence-electron chi connectivity index (χ3n) is 6.36.